The van der Waals surface area contributed by atoms with E-state index in [9.17, 15) is 9.59 Å². The van der Waals surface area contributed by atoms with Gasteiger partial charge in [0, 0.05) is 12.1 Å². The highest BCUT2D eigenvalue weighted by atomic mass is 16.2. The van der Waals surface area contributed by atoms with Gasteiger partial charge in [-0.05, 0) is 56.9 Å². The summed E-state index contributed by atoms with van der Waals surface area (Å²) in [6, 6.07) is 36.8. The van der Waals surface area contributed by atoms with Gasteiger partial charge in [0.25, 0.3) is 11.8 Å². The molecule has 2 N–H and O–H groups in total. The lowest BCUT2D eigenvalue weighted by Crippen LogP contribution is -2.34. The second kappa shape index (κ2) is 10.1. The molecule has 0 unspecified atom stereocenters. The Kier molecular flexibility index (Phi) is 6.35. The molecule has 5 aromatic carbocycles. The molecule has 4 nitrogen and oxygen atoms in total. The second-order valence-electron chi connectivity index (χ2n) is 8.28. The summed E-state index contributed by atoms with van der Waals surface area (Å²) in [5.41, 5.74) is 2.54. The summed E-state index contributed by atoms with van der Waals surface area (Å²) in [7, 11) is 0. The maximum absolute atomic E-state index is 13.4. The van der Waals surface area contributed by atoms with Crippen molar-refractivity contribution in [2.24, 2.45) is 0 Å². The van der Waals surface area contributed by atoms with Gasteiger partial charge < -0.3 is 10.6 Å². The summed E-state index contributed by atoms with van der Waals surface area (Å²) < 4.78 is 0. The molecule has 0 saturated heterocycles. The first-order chi connectivity index (χ1) is 17.2. The molecule has 0 aromatic heterocycles. The van der Waals surface area contributed by atoms with Crippen molar-refractivity contribution < 1.29 is 9.59 Å². The smallest absolute Gasteiger partial charge is 0.268 e. The maximum Gasteiger partial charge on any atom is 0.268 e. The molecule has 2 amide bonds. The van der Waals surface area contributed by atoms with Gasteiger partial charge in [0.15, 0.2) is 0 Å². The highest BCUT2D eigenvalue weighted by Crippen LogP contribution is 2.30. The summed E-state index contributed by atoms with van der Waals surface area (Å²) in [4.78, 5) is 26.4. The van der Waals surface area contributed by atoms with Crippen LogP contribution >= 0.6 is 0 Å². The molecule has 0 aliphatic rings. The van der Waals surface area contributed by atoms with Crippen LogP contribution < -0.4 is 10.6 Å². The highest BCUT2D eigenvalue weighted by Gasteiger charge is 2.16. The average molecular weight is 457 g/mol. The number of hydrogen-bond acceptors (Lipinski definition) is 2. The minimum Gasteiger partial charge on any atom is -0.347 e. The lowest BCUT2D eigenvalue weighted by molar-refractivity contribution is -0.117. The predicted molar refractivity (Wildman–Crippen MR) is 142 cm³/mol. The van der Waals surface area contributed by atoms with Crippen LogP contribution in [0.15, 0.2) is 121 Å². The van der Waals surface area contributed by atoms with E-state index in [2.05, 4.69) is 28.8 Å². The fraction of sp³-hybridized carbons (Fsp3) is 0.0323. The fourth-order valence-corrected chi connectivity index (χ4v) is 4.16. The van der Waals surface area contributed by atoms with Gasteiger partial charge in [-0.15, -0.1) is 0 Å². The van der Waals surface area contributed by atoms with E-state index in [4.69, 9.17) is 0 Å². The molecule has 0 heterocycles. The van der Waals surface area contributed by atoms with Gasteiger partial charge in [0.1, 0.15) is 5.70 Å². The highest BCUT2D eigenvalue weighted by molar-refractivity contribution is 6.11. The number of benzene rings is 5. The Balaban J connectivity index is 1.59. The van der Waals surface area contributed by atoms with E-state index in [0.29, 0.717) is 12.1 Å². The molecule has 0 atom stereocenters. The predicted octanol–water partition coefficient (Wildman–Crippen LogP) is 6.08. The van der Waals surface area contributed by atoms with Crippen LogP contribution in [-0.4, -0.2) is 11.8 Å². The van der Waals surface area contributed by atoms with Crippen LogP contribution in [0.3, 0.4) is 0 Å². The minimum absolute atomic E-state index is 0.191. The summed E-state index contributed by atoms with van der Waals surface area (Å²) >= 11 is 0. The Bertz CT molecular complexity index is 1490. The van der Waals surface area contributed by atoms with E-state index in [0.717, 1.165) is 32.7 Å². The zero-order valence-electron chi connectivity index (χ0n) is 19.1. The van der Waals surface area contributed by atoms with Gasteiger partial charge in [-0.3, -0.25) is 9.59 Å². The Morgan fingerprint density at radius 3 is 1.83 bits per heavy atom. The molecule has 170 valence electrons. The quantitative estimate of drug-likeness (QED) is 0.240. The second-order valence-corrected chi connectivity index (χ2v) is 8.28. The number of amides is 2. The molecule has 0 saturated carbocycles. The Morgan fingerprint density at radius 2 is 1.20 bits per heavy atom. The first-order valence-electron chi connectivity index (χ1n) is 11.5. The molecule has 35 heavy (non-hydrogen) atoms. The standard InChI is InChI=1S/C31H24N2O2/c34-30(23-13-5-2-6-14-23)33-29(31(35)32-21-22-11-3-1-4-12-22)20-28-26-17-9-7-15-24(26)19-25-16-8-10-18-27(25)28/h1-20H,21H2,(H,32,35)(H,33,34). The van der Waals surface area contributed by atoms with E-state index in [1.807, 2.05) is 72.8 Å². The number of carbonyl (C=O) groups is 2. The molecule has 0 bridgehead atoms. The first kappa shape index (κ1) is 22.1. The number of nitrogens with one attached hydrogen (secondary N) is 2. The van der Waals surface area contributed by atoms with Crippen molar-refractivity contribution in [3.8, 4) is 0 Å². The lowest BCUT2D eigenvalue weighted by atomic mass is 9.96. The van der Waals surface area contributed by atoms with Crippen LogP contribution in [0.1, 0.15) is 21.5 Å². The third-order valence-corrected chi connectivity index (χ3v) is 5.93. The number of hydrogen-bond donors (Lipinski definition) is 2. The van der Waals surface area contributed by atoms with Gasteiger partial charge in [-0.25, -0.2) is 0 Å². The van der Waals surface area contributed by atoms with Gasteiger partial charge in [-0.2, -0.15) is 0 Å². The van der Waals surface area contributed by atoms with E-state index < -0.39 is 0 Å². The van der Waals surface area contributed by atoms with Crippen molar-refractivity contribution in [3.05, 3.63) is 138 Å². The summed E-state index contributed by atoms with van der Waals surface area (Å²) in [6.45, 7) is 0.356. The van der Waals surface area contributed by atoms with Crippen molar-refractivity contribution in [2.75, 3.05) is 0 Å². The van der Waals surface area contributed by atoms with Crippen LogP contribution in [0.4, 0.5) is 0 Å². The Morgan fingerprint density at radius 1 is 0.657 bits per heavy atom. The normalized spacial score (nSPS) is 11.4. The first-order valence-corrected chi connectivity index (χ1v) is 11.5. The molecule has 0 fully saturated rings. The van der Waals surface area contributed by atoms with Crippen molar-refractivity contribution in [1.82, 2.24) is 10.6 Å². The number of rotatable bonds is 6. The van der Waals surface area contributed by atoms with Crippen LogP contribution in [0.25, 0.3) is 27.6 Å². The van der Waals surface area contributed by atoms with E-state index >= 15 is 0 Å². The average Bonchev–Trinajstić information content (AvgIpc) is 2.92. The van der Waals surface area contributed by atoms with Crippen molar-refractivity contribution in [3.63, 3.8) is 0 Å². The van der Waals surface area contributed by atoms with Gasteiger partial charge >= 0.3 is 0 Å². The molecular weight excluding hydrogens is 432 g/mol. The number of carbonyl (C=O) groups excluding carboxylic acids is 2. The SMILES string of the molecule is O=C(NCc1ccccc1)C(=Cc1c2ccccc2cc2ccccc12)NC(=O)c1ccccc1. The molecule has 5 aromatic rings. The maximum atomic E-state index is 13.4. The van der Waals surface area contributed by atoms with Gasteiger partial charge in [0.2, 0.25) is 0 Å². The summed E-state index contributed by atoms with van der Waals surface area (Å²) in [6.07, 6.45) is 1.78. The summed E-state index contributed by atoms with van der Waals surface area (Å²) in [5, 5.41) is 9.95. The van der Waals surface area contributed by atoms with E-state index in [-0.39, 0.29) is 17.5 Å². The fourth-order valence-electron chi connectivity index (χ4n) is 4.16. The van der Waals surface area contributed by atoms with Crippen LogP contribution in [0.2, 0.25) is 0 Å². The topological polar surface area (TPSA) is 58.2 Å². The zero-order chi connectivity index (χ0) is 24.0. The largest absolute Gasteiger partial charge is 0.347 e. The molecule has 5 rings (SSSR count). The third-order valence-electron chi connectivity index (χ3n) is 5.93. The van der Waals surface area contributed by atoms with Crippen LogP contribution in [-0.2, 0) is 11.3 Å². The monoisotopic (exact) mass is 456 g/mol. The van der Waals surface area contributed by atoms with Gasteiger partial charge in [-0.1, -0.05) is 97.1 Å². The minimum atomic E-state index is -0.352. The Hall–Kier alpha value is -4.70. The van der Waals surface area contributed by atoms with E-state index in [1.54, 1.807) is 30.3 Å². The van der Waals surface area contributed by atoms with Crippen molar-refractivity contribution in [1.29, 1.82) is 0 Å². The molecule has 0 spiro atoms. The molecular formula is C31H24N2O2. The zero-order valence-corrected chi connectivity index (χ0v) is 19.1. The van der Waals surface area contributed by atoms with Crippen LogP contribution in [0.5, 0.6) is 0 Å². The lowest BCUT2D eigenvalue weighted by Gasteiger charge is -2.14. The van der Waals surface area contributed by atoms with Gasteiger partial charge in [0.05, 0.1) is 0 Å². The molecule has 0 radical (unpaired) electrons. The van der Waals surface area contributed by atoms with Crippen molar-refractivity contribution in [2.45, 2.75) is 6.54 Å². The van der Waals surface area contributed by atoms with Crippen LogP contribution in [0, 0.1) is 0 Å². The summed E-state index contributed by atoms with van der Waals surface area (Å²) in [5.74, 6) is -0.689. The van der Waals surface area contributed by atoms with Crippen molar-refractivity contribution >= 4 is 39.4 Å². The number of fused-ring (bicyclic) bond motifs is 2. The molecule has 0 aliphatic heterocycles. The molecule has 4 heteroatoms. The van der Waals surface area contributed by atoms with E-state index in [1.165, 1.54) is 0 Å². The third kappa shape index (κ3) is 4.97. The Labute approximate surface area is 203 Å². The molecule has 0 aliphatic carbocycles.